The van der Waals surface area contributed by atoms with Crippen molar-refractivity contribution >= 4 is 5.78 Å². The van der Waals surface area contributed by atoms with E-state index in [-0.39, 0.29) is 22.8 Å². The van der Waals surface area contributed by atoms with Crippen LogP contribution in [0.2, 0.25) is 0 Å². The molecule has 2 aromatic carbocycles. The average Bonchev–Trinajstić information content (AvgIpc) is 2.43. The van der Waals surface area contributed by atoms with E-state index in [1.807, 2.05) is 25.1 Å². The van der Waals surface area contributed by atoms with Gasteiger partial charge in [-0.3, -0.25) is 4.79 Å². The molecule has 20 heavy (non-hydrogen) atoms. The highest BCUT2D eigenvalue weighted by atomic mass is 16.3. The van der Waals surface area contributed by atoms with Gasteiger partial charge in [0.05, 0.1) is 11.1 Å². The molecule has 104 valence electrons. The molecule has 4 nitrogen and oxygen atoms in total. The fraction of sp³-hybridized carbons (Fsp3) is 0.188. The van der Waals surface area contributed by atoms with Gasteiger partial charge in [-0.05, 0) is 26.2 Å². The van der Waals surface area contributed by atoms with Crippen LogP contribution in [0.5, 0.6) is 11.5 Å². The van der Waals surface area contributed by atoms with E-state index in [0.29, 0.717) is 17.7 Å². The lowest BCUT2D eigenvalue weighted by Gasteiger charge is -2.15. The largest absolute Gasteiger partial charge is 0.507 e. The van der Waals surface area contributed by atoms with E-state index in [1.165, 1.54) is 12.1 Å². The van der Waals surface area contributed by atoms with Crippen molar-refractivity contribution in [3.8, 4) is 11.5 Å². The maximum absolute atomic E-state index is 12.4. The average molecular weight is 271 g/mol. The number of hydrogen-bond donors (Lipinski definition) is 2. The van der Waals surface area contributed by atoms with Crippen LogP contribution in [0.4, 0.5) is 0 Å². The molecular formula is C16H17NO3. The predicted octanol–water partition coefficient (Wildman–Crippen LogP) is 2.39. The molecule has 0 aliphatic rings. The number of nitrogens with zero attached hydrogens (tertiary/aromatic N) is 1. The van der Waals surface area contributed by atoms with Gasteiger partial charge in [0.25, 0.3) is 0 Å². The molecule has 0 saturated heterocycles. The molecule has 2 aromatic rings. The van der Waals surface area contributed by atoms with Gasteiger partial charge in [-0.25, -0.2) is 0 Å². The lowest BCUT2D eigenvalue weighted by atomic mass is 9.99. The highest BCUT2D eigenvalue weighted by molar-refractivity contribution is 6.11. The summed E-state index contributed by atoms with van der Waals surface area (Å²) in [6.07, 6.45) is 0. The van der Waals surface area contributed by atoms with Gasteiger partial charge >= 0.3 is 0 Å². The molecule has 4 heteroatoms. The summed E-state index contributed by atoms with van der Waals surface area (Å²) in [6.45, 7) is 0.355. The Morgan fingerprint density at radius 2 is 1.70 bits per heavy atom. The topological polar surface area (TPSA) is 60.8 Å². The SMILES string of the molecule is CN(C)Cc1c(O)ccc(C(=O)c2ccccc2)c1O. The molecular weight excluding hydrogens is 254 g/mol. The molecule has 0 saturated carbocycles. The number of carbonyl (C=O) groups is 1. The van der Waals surface area contributed by atoms with Crippen LogP contribution in [-0.4, -0.2) is 35.0 Å². The first-order valence-corrected chi connectivity index (χ1v) is 6.29. The Bertz CT molecular complexity index is 621. The molecule has 0 unspecified atom stereocenters. The van der Waals surface area contributed by atoms with E-state index in [9.17, 15) is 15.0 Å². The third kappa shape index (κ3) is 2.81. The Labute approximate surface area is 117 Å². The number of ketones is 1. The Morgan fingerprint density at radius 3 is 2.30 bits per heavy atom. The van der Waals surface area contributed by atoms with Crippen molar-refractivity contribution in [1.29, 1.82) is 0 Å². The second kappa shape index (κ2) is 5.75. The maximum Gasteiger partial charge on any atom is 0.196 e. The summed E-state index contributed by atoms with van der Waals surface area (Å²) < 4.78 is 0. The highest BCUT2D eigenvalue weighted by Crippen LogP contribution is 2.32. The molecule has 0 aromatic heterocycles. The second-order valence-corrected chi connectivity index (χ2v) is 4.89. The van der Waals surface area contributed by atoms with Crippen LogP contribution in [-0.2, 0) is 6.54 Å². The summed E-state index contributed by atoms with van der Waals surface area (Å²) in [5.74, 6) is -0.434. The number of benzene rings is 2. The fourth-order valence-corrected chi connectivity index (χ4v) is 2.03. The predicted molar refractivity (Wildman–Crippen MR) is 77.0 cm³/mol. The molecule has 0 aliphatic heterocycles. The van der Waals surface area contributed by atoms with E-state index >= 15 is 0 Å². The van der Waals surface area contributed by atoms with E-state index < -0.39 is 0 Å². The van der Waals surface area contributed by atoms with E-state index in [0.717, 1.165) is 0 Å². The van der Waals surface area contributed by atoms with E-state index in [4.69, 9.17) is 0 Å². The Kier molecular flexibility index (Phi) is 4.05. The summed E-state index contributed by atoms with van der Waals surface area (Å²) >= 11 is 0. The van der Waals surface area contributed by atoms with Crippen molar-refractivity contribution in [2.24, 2.45) is 0 Å². The van der Waals surface area contributed by atoms with Gasteiger partial charge in [0.15, 0.2) is 5.78 Å². The molecule has 0 bridgehead atoms. The van der Waals surface area contributed by atoms with Crippen LogP contribution in [0.1, 0.15) is 21.5 Å². The molecule has 2 rings (SSSR count). The van der Waals surface area contributed by atoms with Gasteiger partial charge in [0.2, 0.25) is 0 Å². The lowest BCUT2D eigenvalue weighted by molar-refractivity contribution is 0.103. The first-order chi connectivity index (χ1) is 9.50. The van der Waals surface area contributed by atoms with Crippen molar-refractivity contribution in [3.63, 3.8) is 0 Å². The summed E-state index contributed by atoms with van der Waals surface area (Å²) in [7, 11) is 3.65. The monoisotopic (exact) mass is 271 g/mol. The van der Waals surface area contributed by atoms with Gasteiger partial charge in [0, 0.05) is 12.1 Å². The van der Waals surface area contributed by atoms with Crippen molar-refractivity contribution < 1.29 is 15.0 Å². The third-order valence-electron chi connectivity index (χ3n) is 3.01. The smallest absolute Gasteiger partial charge is 0.196 e. The molecule has 0 heterocycles. The van der Waals surface area contributed by atoms with Crippen LogP contribution in [0.15, 0.2) is 42.5 Å². The minimum atomic E-state index is -0.261. The van der Waals surface area contributed by atoms with Gasteiger partial charge < -0.3 is 15.1 Å². The van der Waals surface area contributed by atoms with Crippen molar-refractivity contribution in [3.05, 3.63) is 59.2 Å². The highest BCUT2D eigenvalue weighted by Gasteiger charge is 2.19. The number of hydrogen-bond acceptors (Lipinski definition) is 4. The van der Waals surface area contributed by atoms with Crippen LogP contribution in [0, 0.1) is 0 Å². The summed E-state index contributed by atoms with van der Waals surface area (Å²) in [4.78, 5) is 14.2. The lowest BCUT2D eigenvalue weighted by Crippen LogP contribution is -2.12. The molecule has 0 fully saturated rings. The van der Waals surface area contributed by atoms with Crippen molar-refractivity contribution in [1.82, 2.24) is 4.90 Å². The third-order valence-corrected chi connectivity index (χ3v) is 3.01. The number of aromatic hydroxyl groups is 2. The quantitative estimate of drug-likeness (QED) is 0.838. The number of carbonyl (C=O) groups excluding carboxylic acids is 1. The Morgan fingerprint density at radius 1 is 1.05 bits per heavy atom. The molecule has 0 atom stereocenters. The van der Waals surface area contributed by atoms with E-state index in [2.05, 4.69) is 0 Å². The van der Waals surface area contributed by atoms with Gasteiger partial charge in [-0.1, -0.05) is 30.3 Å². The van der Waals surface area contributed by atoms with Crippen LogP contribution >= 0.6 is 0 Å². The van der Waals surface area contributed by atoms with Crippen molar-refractivity contribution in [2.45, 2.75) is 6.54 Å². The maximum atomic E-state index is 12.4. The minimum absolute atomic E-state index is 0.0131. The molecule has 0 spiro atoms. The first kappa shape index (κ1) is 14.1. The number of phenolic OH excluding ortho intramolecular Hbond substituents is 2. The zero-order valence-corrected chi connectivity index (χ0v) is 11.5. The number of rotatable bonds is 4. The number of phenols is 2. The zero-order valence-electron chi connectivity index (χ0n) is 11.5. The molecule has 0 radical (unpaired) electrons. The second-order valence-electron chi connectivity index (χ2n) is 4.89. The van der Waals surface area contributed by atoms with Crippen molar-refractivity contribution in [2.75, 3.05) is 14.1 Å². The fourth-order valence-electron chi connectivity index (χ4n) is 2.03. The zero-order chi connectivity index (χ0) is 14.7. The normalized spacial score (nSPS) is 10.8. The molecule has 2 N–H and O–H groups in total. The summed E-state index contributed by atoms with van der Waals surface area (Å²) in [5, 5.41) is 20.1. The van der Waals surface area contributed by atoms with Crippen LogP contribution < -0.4 is 0 Å². The Hall–Kier alpha value is -2.33. The van der Waals surface area contributed by atoms with Gasteiger partial charge in [-0.15, -0.1) is 0 Å². The standard InChI is InChI=1S/C16H17NO3/c1-17(2)10-13-14(18)9-8-12(16(13)20)15(19)11-6-4-3-5-7-11/h3-9,18,20H,10H2,1-2H3. The first-order valence-electron chi connectivity index (χ1n) is 6.29. The summed E-state index contributed by atoms with van der Waals surface area (Å²) in [5.41, 5.74) is 1.06. The minimum Gasteiger partial charge on any atom is -0.507 e. The molecule has 0 aliphatic carbocycles. The summed E-state index contributed by atoms with van der Waals surface area (Å²) in [6, 6.07) is 11.6. The van der Waals surface area contributed by atoms with Crippen LogP contribution in [0.3, 0.4) is 0 Å². The van der Waals surface area contributed by atoms with Crippen LogP contribution in [0.25, 0.3) is 0 Å². The van der Waals surface area contributed by atoms with Gasteiger partial charge in [0.1, 0.15) is 11.5 Å². The Balaban J connectivity index is 2.45. The van der Waals surface area contributed by atoms with E-state index in [1.54, 1.807) is 24.3 Å². The molecule has 0 amide bonds. The van der Waals surface area contributed by atoms with Gasteiger partial charge in [-0.2, -0.15) is 0 Å².